The molecule has 0 unspecified atom stereocenters. The number of amides is 2. The quantitative estimate of drug-likeness (QED) is 0.302. The minimum Gasteiger partial charge on any atom is -0.465 e. The van der Waals surface area contributed by atoms with Gasteiger partial charge in [-0.3, -0.25) is 9.59 Å². The molecule has 0 spiro atoms. The van der Waals surface area contributed by atoms with Gasteiger partial charge in [-0.25, -0.2) is 19.4 Å². The first-order valence-corrected chi connectivity index (χ1v) is 10.8. The zero-order valence-corrected chi connectivity index (χ0v) is 18.0. The molecule has 3 aromatic rings. The Balaban J connectivity index is 1.37. The van der Waals surface area contributed by atoms with E-state index >= 15 is 0 Å². The van der Waals surface area contributed by atoms with Crippen molar-refractivity contribution in [1.29, 1.82) is 0 Å². The van der Waals surface area contributed by atoms with E-state index in [0.29, 0.717) is 22.2 Å². The van der Waals surface area contributed by atoms with Gasteiger partial charge in [-0.15, -0.1) is 0 Å². The first-order chi connectivity index (χ1) is 15.5. The number of methoxy groups -OCH3 is 1. The Hall–Kier alpha value is -3.73. The van der Waals surface area contributed by atoms with Gasteiger partial charge in [-0.2, -0.15) is 5.10 Å². The highest BCUT2D eigenvalue weighted by Gasteiger charge is 2.24. The van der Waals surface area contributed by atoms with Crippen LogP contribution in [0.15, 0.2) is 53.9 Å². The molecule has 0 atom stereocenters. The van der Waals surface area contributed by atoms with E-state index in [1.54, 1.807) is 42.6 Å². The third-order valence-electron chi connectivity index (χ3n) is 4.55. The molecule has 0 aliphatic heterocycles. The smallest absolute Gasteiger partial charge is 0.339 e. The molecular formula is C21H20N6O4S. The second-order valence-electron chi connectivity index (χ2n) is 6.98. The normalized spacial score (nSPS) is 12.8. The summed E-state index contributed by atoms with van der Waals surface area (Å²) in [5.74, 6) is -0.494. The van der Waals surface area contributed by atoms with E-state index in [1.807, 2.05) is 0 Å². The van der Waals surface area contributed by atoms with Gasteiger partial charge in [0.25, 0.3) is 5.91 Å². The number of carbonyl (C=O) groups excluding carboxylic acids is 3. The van der Waals surface area contributed by atoms with Crippen LogP contribution in [0.2, 0.25) is 0 Å². The SMILES string of the molecule is COC(=O)c1ccccc1NC(=O)CSc1cc(-n2ccc(C(=O)NC3CC3)n2)ncn1. The van der Waals surface area contributed by atoms with Crippen LogP contribution in [-0.4, -0.2) is 56.4 Å². The Bertz CT molecular complexity index is 1160. The molecule has 4 rings (SSSR count). The molecule has 1 aliphatic carbocycles. The number of hydrogen-bond acceptors (Lipinski definition) is 8. The Morgan fingerprint density at radius 2 is 2.00 bits per heavy atom. The molecule has 2 aromatic heterocycles. The minimum absolute atomic E-state index is 0.0696. The van der Waals surface area contributed by atoms with Gasteiger partial charge in [-0.1, -0.05) is 23.9 Å². The average Bonchev–Trinajstić information content (AvgIpc) is 3.48. The lowest BCUT2D eigenvalue weighted by molar-refractivity contribution is -0.113. The predicted molar refractivity (Wildman–Crippen MR) is 117 cm³/mol. The van der Waals surface area contributed by atoms with Gasteiger partial charge in [0.1, 0.15) is 11.4 Å². The molecule has 32 heavy (non-hydrogen) atoms. The summed E-state index contributed by atoms with van der Waals surface area (Å²) in [5.41, 5.74) is 0.966. The number of benzene rings is 1. The van der Waals surface area contributed by atoms with Crippen LogP contribution in [0.4, 0.5) is 5.69 Å². The summed E-state index contributed by atoms with van der Waals surface area (Å²) in [6, 6.07) is 10.2. The number of rotatable bonds is 8. The standard InChI is InChI=1S/C21H20N6O4S/c1-31-21(30)14-4-2-3-5-15(14)25-18(28)11-32-19-10-17(22-12-23-19)27-9-8-16(26-27)20(29)24-13-6-7-13/h2-5,8-10,12-13H,6-7,11H2,1H3,(H,24,29)(H,25,28). The molecule has 2 heterocycles. The number of carbonyl (C=O) groups is 3. The fourth-order valence-electron chi connectivity index (χ4n) is 2.80. The molecule has 0 bridgehead atoms. The van der Waals surface area contributed by atoms with Gasteiger partial charge in [0.05, 0.1) is 24.1 Å². The fraction of sp³-hybridized carbons (Fsp3) is 0.238. The maximum Gasteiger partial charge on any atom is 0.339 e. The maximum absolute atomic E-state index is 12.4. The number of thioether (sulfide) groups is 1. The lowest BCUT2D eigenvalue weighted by atomic mass is 10.2. The summed E-state index contributed by atoms with van der Waals surface area (Å²) in [7, 11) is 1.28. The zero-order chi connectivity index (χ0) is 22.5. The summed E-state index contributed by atoms with van der Waals surface area (Å²) in [4.78, 5) is 44.7. The van der Waals surface area contributed by atoms with Crippen LogP contribution < -0.4 is 10.6 Å². The average molecular weight is 452 g/mol. The number of hydrogen-bond donors (Lipinski definition) is 2. The molecule has 1 fully saturated rings. The van der Waals surface area contributed by atoms with Gasteiger partial charge in [0.15, 0.2) is 11.5 Å². The van der Waals surface area contributed by atoms with Gasteiger partial charge >= 0.3 is 5.97 Å². The van der Waals surface area contributed by atoms with Crippen LogP contribution in [0.3, 0.4) is 0 Å². The molecule has 2 N–H and O–H groups in total. The predicted octanol–water partition coefficient (Wildman–Crippen LogP) is 2.07. The monoisotopic (exact) mass is 452 g/mol. The second kappa shape index (κ2) is 9.60. The Kier molecular flexibility index (Phi) is 6.45. The van der Waals surface area contributed by atoms with Crippen LogP contribution in [-0.2, 0) is 9.53 Å². The number of para-hydroxylation sites is 1. The topological polar surface area (TPSA) is 128 Å². The summed E-state index contributed by atoms with van der Waals surface area (Å²) < 4.78 is 6.22. The number of esters is 1. The Morgan fingerprint density at radius 3 is 2.78 bits per heavy atom. The molecule has 10 nitrogen and oxygen atoms in total. The van der Waals surface area contributed by atoms with Crippen LogP contribution in [0.25, 0.3) is 5.82 Å². The second-order valence-corrected chi connectivity index (χ2v) is 7.98. The third kappa shape index (κ3) is 5.30. The van der Waals surface area contributed by atoms with Crippen molar-refractivity contribution in [1.82, 2.24) is 25.1 Å². The number of nitrogens with zero attached hydrogens (tertiary/aromatic N) is 4. The number of anilines is 1. The summed E-state index contributed by atoms with van der Waals surface area (Å²) in [6.45, 7) is 0. The number of nitrogens with one attached hydrogen (secondary N) is 2. The number of ether oxygens (including phenoxy) is 1. The van der Waals surface area contributed by atoms with Crippen molar-refractivity contribution in [3.8, 4) is 5.82 Å². The Labute approximate surface area is 187 Å². The Morgan fingerprint density at radius 1 is 1.19 bits per heavy atom. The van der Waals surface area contributed by atoms with E-state index in [0.717, 1.165) is 12.8 Å². The van der Waals surface area contributed by atoms with Gasteiger partial charge in [0.2, 0.25) is 5.91 Å². The first-order valence-electron chi connectivity index (χ1n) is 9.82. The molecule has 1 aliphatic rings. The van der Waals surface area contributed by atoms with E-state index in [4.69, 9.17) is 4.74 Å². The van der Waals surface area contributed by atoms with E-state index in [9.17, 15) is 14.4 Å². The lowest BCUT2D eigenvalue weighted by Gasteiger charge is -2.09. The summed E-state index contributed by atoms with van der Waals surface area (Å²) in [6.07, 6.45) is 5.02. The van der Waals surface area contributed by atoms with Gasteiger partial charge < -0.3 is 15.4 Å². The van der Waals surface area contributed by atoms with Gasteiger partial charge in [-0.05, 0) is 31.0 Å². The molecule has 164 valence electrons. The molecule has 0 radical (unpaired) electrons. The van der Waals surface area contributed by atoms with Crippen LogP contribution >= 0.6 is 11.8 Å². The maximum atomic E-state index is 12.4. The molecular weight excluding hydrogens is 432 g/mol. The van der Waals surface area contributed by atoms with Crippen molar-refractivity contribution < 1.29 is 19.1 Å². The van der Waals surface area contributed by atoms with Gasteiger partial charge in [0, 0.05) is 18.3 Å². The fourth-order valence-corrected chi connectivity index (χ4v) is 3.46. The molecule has 1 aromatic carbocycles. The molecule has 0 saturated heterocycles. The summed E-state index contributed by atoms with van der Waals surface area (Å²) in [5, 5.41) is 10.4. The summed E-state index contributed by atoms with van der Waals surface area (Å²) >= 11 is 1.21. The van der Waals surface area contributed by atoms with Crippen molar-refractivity contribution in [3.63, 3.8) is 0 Å². The van der Waals surface area contributed by atoms with E-state index in [2.05, 4.69) is 25.7 Å². The highest BCUT2D eigenvalue weighted by atomic mass is 32.2. The molecule has 11 heteroatoms. The van der Waals surface area contributed by atoms with Crippen LogP contribution in [0.5, 0.6) is 0 Å². The highest BCUT2D eigenvalue weighted by Crippen LogP contribution is 2.21. The van der Waals surface area contributed by atoms with Crippen LogP contribution in [0, 0.1) is 0 Å². The van der Waals surface area contributed by atoms with E-state index < -0.39 is 5.97 Å². The largest absolute Gasteiger partial charge is 0.465 e. The van der Waals surface area contributed by atoms with E-state index in [1.165, 1.54) is 29.9 Å². The number of aromatic nitrogens is 4. The minimum atomic E-state index is -0.529. The highest BCUT2D eigenvalue weighted by molar-refractivity contribution is 7.99. The third-order valence-corrected chi connectivity index (χ3v) is 5.48. The first kappa shape index (κ1) is 21.5. The van der Waals surface area contributed by atoms with Crippen molar-refractivity contribution in [2.75, 3.05) is 18.2 Å². The molecule has 2 amide bonds. The zero-order valence-electron chi connectivity index (χ0n) is 17.1. The van der Waals surface area contributed by atoms with Crippen molar-refractivity contribution in [2.24, 2.45) is 0 Å². The lowest BCUT2D eigenvalue weighted by Crippen LogP contribution is -2.25. The van der Waals surface area contributed by atoms with Crippen molar-refractivity contribution in [2.45, 2.75) is 23.9 Å². The van der Waals surface area contributed by atoms with Crippen LogP contribution in [0.1, 0.15) is 33.7 Å². The van der Waals surface area contributed by atoms with Crippen molar-refractivity contribution in [3.05, 3.63) is 60.2 Å². The molecule has 1 saturated carbocycles. The van der Waals surface area contributed by atoms with E-state index in [-0.39, 0.29) is 29.2 Å². The van der Waals surface area contributed by atoms with Crippen molar-refractivity contribution >= 4 is 35.2 Å².